The molecule has 2 saturated heterocycles. The van der Waals surface area contributed by atoms with Gasteiger partial charge in [0, 0.05) is 26.3 Å². The number of carbonyl (C=O) groups is 1. The predicted molar refractivity (Wildman–Crippen MR) is 113 cm³/mol. The van der Waals surface area contributed by atoms with Crippen LogP contribution in [-0.4, -0.2) is 43.7 Å². The number of nitrogens with zero attached hydrogens (tertiary/aromatic N) is 1. The topological polar surface area (TPSA) is 64.8 Å². The summed E-state index contributed by atoms with van der Waals surface area (Å²) in [6.07, 6.45) is 4.77. The molecule has 0 aliphatic carbocycles. The van der Waals surface area contributed by atoms with Crippen LogP contribution in [0, 0.1) is 11.2 Å². The maximum absolute atomic E-state index is 14.6. The molecule has 2 fully saturated rings. The molecule has 0 aromatic heterocycles. The van der Waals surface area contributed by atoms with Crippen LogP contribution in [0.5, 0.6) is 11.5 Å². The second-order valence-corrected chi connectivity index (χ2v) is 8.37. The Hall–Kier alpha value is -2.44. The molecule has 30 heavy (non-hydrogen) atoms. The zero-order valence-electron chi connectivity index (χ0n) is 17.2. The van der Waals surface area contributed by atoms with E-state index in [1.54, 1.807) is 11.0 Å². The molecule has 0 bridgehead atoms. The number of likely N-dealkylation sites (tertiary alicyclic amines) is 1. The van der Waals surface area contributed by atoms with Crippen LogP contribution in [0.1, 0.15) is 41.6 Å². The van der Waals surface area contributed by atoms with E-state index in [4.69, 9.17) is 15.2 Å². The van der Waals surface area contributed by atoms with E-state index in [1.807, 2.05) is 24.3 Å². The molecule has 0 atom stereocenters. The highest BCUT2D eigenvalue weighted by Gasteiger charge is 2.39. The lowest BCUT2D eigenvalue weighted by atomic mass is 9.74. The molecule has 2 N–H and O–H groups in total. The van der Waals surface area contributed by atoms with Crippen LogP contribution in [0.4, 0.5) is 4.39 Å². The van der Waals surface area contributed by atoms with Gasteiger partial charge in [-0.3, -0.25) is 4.79 Å². The van der Waals surface area contributed by atoms with Crippen molar-refractivity contribution in [2.24, 2.45) is 11.1 Å². The number of nitrogens with two attached hydrogens (primary N) is 1. The van der Waals surface area contributed by atoms with Gasteiger partial charge in [0.1, 0.15) is 17.3 Å². The lowest BCUT2D eigenvalue weighted by molar-refractivity contribution is -0.0230. The highest BCUT2D eigenvalue weighted by molar-refractivity contribution is 5.95. The molecule has 4 rings (SSSR count). The Bertz CT molecular complexity index is 873. The largest absolute Gasteiger partial charge is 0.457 e. The number of hydrogen-bond acceptors (Lipinski definition) is 4. The molecule has 2 aromatic carbocycles. The van der Waals surface area contributed by atoms with Gasteiger partial charge < -0.3 is 20.1 Å². The first kappa shape index (κ1) is 20.8. The first-order valence-electron chi connectivity index (χ1n) is 10.7. The fourth-order valence-corrected chi connectivity index (χ4v) is 4.52. The standard InChI is InChI=1S/C24H29FN2O3/c25-22-7-6-20(30-19-4-2-18(3-5-19)8-12-26)16-21(22)23(28)27-13-1-9-24(17-27)10-14-29-15-11-24/h2-7,16H,1,8-15,17,26H2. The van der Waals surface area contributed by atoms with Crippen LogP contribution >= 0.6 is 0 Å². The molecule has 2 heterocycles. The lowest BCUT2D eigenvalue weighted by Crippen LogP contribution is -2.48. The van der Waals surface area contributed by atoms with Crippen molar-refractivity contribution < 1.29 is 18.7 Å². The maximum atomic E-state index is 14.6. The van der Waals surface area contributed by atoms with Gasteiger partial charge in [0.25, 0.3) is 5.91 Å². The number of ether oxygens (including phenoxy) is 2. The van der Waals surface area contributed by atoms with Crippen LogP contribution < -0.4 is 10.5 Å². The minimum atomic E-state index is -0.516. The average Bonchev–Trinajstić information content (AvgIpc) is 2.77. The van der Waals surface area contributed by atoms with E-state index in [-0.39, 0.29) is 16.9 Å². The highest BCUT2D eigenvalue weighted by Crippen LogP contribution is 2.39. The molecule has 2 aliphatic rings. The minimum absolute atomic E-state index is 0.0661. The van der Waals surface area contributed by atoms with E-state index in [2.05, 4.69) is 0 Å². The summed E-state index contributed by atoms with van der Waals surface area (Å²) in [5.74, 6) is 0.308. The van der Waals surface area contributed by atoms with Crippen molar-refractivity contribution in [3.63, 3.8) is 0 Å². The molecule has 5 nitrogen and oxygen atoms in total. The van der Waals surface area contributed by atoms with E-state index in [1.165, 1.54) is 12.1 Å². The number of hydrogen-bond donors (Lipinski definition) is 1. The summed E-state index contributed by atoms with van der Waals surface area (Å²) in [6.45, 7) is 3.40. The molecular formula is C24H29FN2O3. The number of rotatable bonds is 5. The SMILES string of the molecule is NCCc1ccc(Oc2ccc(F)c(C(=O)N3CCCC4(CCOCC4)C3)c2)cc1. The van der Waals surface area contributed by atoms with Crippen molar-refractivity contribution in [2.75, 3.05) is 32.8 Å². The first-order valence-corrected chi connectivity index (χ1v) is 10.7. The predicted octanol–water partition coefficient (Wildman–Crippen LogP) is 4.15. The molecule has 160 valence electrons. The van der Waals surface area contributed by atoms with E-state index in [0.717, 1.165) is 50.9 Å². The Morgan fingerprint density at radius 2 is 1.83 bits per heavy atom. The van der Waals surface area contributed by atoms with Gasteiger partial charge in [0.05, 0.1) is 5.56 Å². The van der Waals surface area contributed by atoms with Gasteiger partial charge in [0.15, 0.2) is 0 Å². The van der Waals surface area contributed by atoms with E-state index in [0.29, 0.717) is 31.1 Å². The number of halogens is 1. The van der Waals surface area contributed by atoms with Gasteiger partial charge in [-0.2, -0.15) is 0 Å². The zero-order valence-corrected chi connectivity index (χ0v) is 17.2. The third kappa shape index (κ3) is 4.65. The normalized spacial score (nSPS) is 18.4. The third-order valence-corrected chi connectivity index (χ3v) is 6.26. The van der Waals surface area contributed by atoms with Crippen LogP contribution in [0.25, 0.3) is 0 Å². The Balaban J connectivity index is 1.49. The highest BCUT2D eigenvalue weighted by atomic mass is 19.1. The molecule has 2 aliphatic heterocycles. The summed E-state index contributed by atoms with van der Waals surface area (Å²) in [5, 5.41) is 0. The van der Waals surface area contributed by atoms with Gasteiger partial charge in [-0.15, -0.1) is 0 Å². The van der Waals surface area contributed by atoms with Crippen molar-refractivity contribution in [3.8, 4) is 11.5 Å². The maximum Gasteiger partial charge on any atom is 0.256 e. The molecule has 2 aromatic rings. The van der Waals surface area contributed by atoms with Gasteiger partial charge in [-0.05, 0) is 80.0 Å². The van der Waals surface area contributed by atoms with Crippen molar-refractivity contribution in [2.45, 2.75) is 32.1 Å². The number of carbonyl (C=O) groups excluding carboxylic acids is 1. The number of amides is 1. The Morgan fingerprint density at radius 3 is 2.57 bits per heavy atom. The number of benzene rings is 2. The molecular weight excluding hydrogens is 383 g/mol. The third-order valence-electron chi connectivity index (χ3n) is 6.26. The molecule has 6 heteroatoms. The monoisotopic (exact) mass is 412 g/mol. The lowest BCUT2D eigenvalue weighted by Gasteiger charge is -2.45. The zero-order chi connectivity index (χ0) is 21.0. The van der Waals surface area contributed by atoms with Crippen molar-refractivity contribution in [1.82, 2.24) is 4.90 Å². The van der Waals surface area contributed by atoms with Crippen LogP contribution in [0.15, 0.2) is 42.5 Å². The summed E-state index contributed by atoms with van der Waals surface area (Å²) in [5.41, 5.74) is 6.89. The summed E-state index contributed by atoms with van der Waals surface area (Å²) < 4.78 is 25.9. The first-order chi connectivity index (χ1) is 14.6. The van der Waals surface area contributed by atoms with E-state index < -0.39 is 5.82 Å². The summed E-state index contributed by atoms with van der Waals surface area (Å²) in [4.78, 5) is 15.0. The van der Waals surface area contributed by atoms with Gasteiger partial charge >= 0.3 is 0 Å². The number of piperidine rings is 1. The second-order valence-electron chi connectivity index (χ2n) is 8.37. The molecule has 1 spiro atoms. The van der Waals surface area contributed by atoms with Gasteiger partial charge in [0.2, 0.25) is 0 Å². The molecule has 0 radical (unpaired) electrons. The Labute approximate surface area is 177 Å². The quantitative estimate of drug-likeness (QED) is 0.801. The van der Waals surface area contributed by atoms with Crippen molar-refractivity contribution in [1.29, 1.82) is 0 Å². The average molecular weight is 413 g/mol. The summed E-state index contributed by atoms with van der Waals surface area (Å²) >= 11 is 0. The fraction of sp³-hybridized carbons (Fsp3) is 0.458. The van der Waals surface area contributed by atoms with E-state index in [9.17, 15) is 9.18 Å². The summed E-state index contributed by atoms with van der Waals surface area (Å²) in [7, 11) is 0. The van der Waals surface area contributed by atoms with Crippen LogP contribution in [-0.2, 0) is 11.2 Å². The van der Waals surface area contributed by atoms with Crippen LogP contribution in [0.3, 0.4) is 0 Å². The fourth-order valence-electron chi connectivity index (χ4n) is 4.52. The molecule has 0 saturated carbocycles. The Kier molecular flexibility index (Phi) is 6.35. The van der Waals surface area contributed by atoms with Crippen LogP contribution in [0.2, 0.25) is 0 Å². The van der Waals surface area contributed by atoms with Gasteiger partial charge in [-0.25, -0.2) is 4.39 Å². The van der Waals surface area contributed by atoms with E-state index >= 15 is 0 Å². The molecule has 0 unspecified atom stereocenters. The Morgan fingerprint density at radius 1 is 1.10 bits per heavy atom. The second kappa shape index (κ2) is 9.14. The molecule has 1 amide bonds. The summed E-state index contributed by atoms with van der Waals surface area (Å²) in [6, 6.07) is 12.0. The smallest absolute Gasteiger partial charge is 0.256 e. The van der Waals surface area contributed by atoms with Crippen molar-refractivity contribution >= 4 is 5.91 Å². The van der Waals surface area contributed by atoms with Crippen molar-refractivity contribution in [3.05, 3.63) is 59.4 Å². The minimum Gasteiger partial charge on any atom is -0.457 e. The van der Waals surface area contributed by atoms with Gasteiger partial charge in [-0.1, -0.05) is 12.1 Å².